The quantitative estimate of drug-likeness (QED) is 0.596. The van der Waals surface area contributed by atoms with Gasteiger partial charge in [0.05, 0.1) is 20.6 Å². The van der Waals surface area contributed by atoms with Gasteiger partial charge >= 0.3 is 11.9 Å². The van der Waals surface area contributed by atoms with E-state index in [0.717, 1.165) is 7.11 Å². The SMILES string of the molecule is COC(=O)C[C@@H](C)[C@H](NC(=O)[C@@H](Cc1cccc(F)c1)NC(C)=O)C(=O)OC. The number of rotatable bonds is 9. The Labute approximate surface area is 162 Å². The molecule has 0 bridgehead atoms. The maximum absolute atomic E-state index is 13.4. The van der Waals surface area contributed by atoms with Crippen molar-refractivity contribution in [2.45, 2.75) is 38.8 Å². The molecule has 2 amide bonds. The summed E-state index contributed by atoms with van der Waals surface area (Å²) < 4.78 is 22.7. The van der Waals surface area contributed by atoms with Crippen molar-refractivity contribution in [3.05, 3.63) is 35.6 Å². The Hall–Kier alpha value is -2.97. The first-order chi connectivity index (χ1) is 13.2. The van der Waals surface area contributed by atoms with Crippen LogP contribution in [0, 0.1) is 11.7 Å². The minimum absolute atomic E-state index is 0.0163. The Bertz CT molecular complexity index is 724. The van der Waals surface area contributed by atoms with E-state index in [1.807, 2.05) is 0 Å². The third-order valence-corrected chi connectivity index (χ3v) is 4.06. The number of benzene rings is 1. The topological polar surface area (TPSA) is 111 Å². The van der Waals surface area contributed by atoms with E-state index in [4.69, 9.17) is 4.74 Å². The standard InChI is InChI=1S/C19H25FN2O6/c1-11(8-16(24)27-3)17(19(26)28-4)22-18(25)15(21-12(2)23)10-13-6-5-7-14(20)9-13/h5-7,9,11,15,17H,8,10H2,1-4H3,(H,21,23)(H,22,25)/t11-,15-,17+/m1/s1. The van der Waals surface area contributed by atoms with Crippen LogP contribution in [0.25, 0.3) is 0 Å². The summed E-state index contributed by atoms with van der Waals surface area (Å²) in [6.45, 7) is 2.82. The van der Waals surface area contributed by atoms with Crippen molar-refractivity contribution in [1.29, 1.82) is 0 Å². The minimum Gasteiger partial charge on any atom is -0.469 e. The number of hydrogen-bond acceptors (Lipinski definition) is 6. The molecule has 1 rings (SSSR count). The van der Waals surface area contributed by atoms with Crippen LogP contribution in [0.1, 0.15) is 25.8 Å². The Balaban J connectivity index is 2.98. The van der Waals surface area contributed by atoms with Gasteiger partial charge in [-0.3, -0.25) is 14.4 Å². The number of hydrogen-bond donors (Lipinski definition) is 2. The van der Waals surface area contributed by atoms with Crippen molar-refractivity contribution < 1.29 is 33.0 Å². The lowest BCUT2D eigenvalue weighted by Gasteiger charge is -2.25. The maximum Gasteiger partial charge on any atom is 0.328 e. The molecular formula is C19H25FN2O6. The van der Waals surface area contributed by atoms with Crippen molar-refractivity contribution in [3.63, 3.8) is 0 Å². The lowest BCUT2D eigenvalue weighted by molar-refractivity contribution is -0.148. The zero-order chi connectivity index (χ0) is 21.3. The van der Waals surface area contributed by atoms with Crippen molar-refractivity contribution in [2.75, 3.05) is 14.2 Å². The Morgan fingerprint density at radius 2 is 1.79 bits per heavy atom. The third-order valence-electron chi connectivity index (χ3n) is 4.06. The number of amides is 2. The lowest BCUT2D eigenvalue weighted by Crippen LogP contribution is -2.54. The Kier molecular flexibility index (Phi) is 9.07. The molecule has 0 spiro atoms. The van der Waals surface area contributed by atoms with Crippen LogP contribution in [0.2, 0.25) is 0 Å². The second-order valence-electron chi connectivity index (χ2n) is 6.35. The molecule has 0 aliphatic carbocycles. The monoisotopic (exact) mass is 396 g/mol. The summed E-state index contributed by atoms with van der Waals surface area (Å²) in [7, 11) is 2.37. The number of carbonyl (C=O) groups is 4. The normalized spacial score (nSPS) is 13.6. The number of ether oxygens (including phenoxy) is 2. The fourth-order valence-electron chi connectivity index (χ4n) is 2.63. The first kappa shape index (κ1) is 23.1. The summed E-state index contributed by atoms with van der Waals surface area (Å²) in [5.41, 5.74) is 0.492. The molecule has 2 N–H and O–H groups in total. The molecule has 0 heterocycles. The largest absolute Gasteiger partial charge is 0.469 e. The highest BCUT2D eigenvalue weighted by molar-refractivity contribution is 5.90. The number of nitrogens with one attached hydrogen (secondary N) is 2. The van der Waals surface area contributed by atoms with E-state index in [2.05, 4.69) is 15.4 Å². The molecule has 9 heteroatoms. The van der Waals surface area contributed by atoms with E-state index in [-0.39, 0.29) is 12.8 Å². The van der Waals surface area contributed by atoms with Crippen molar-refractivity contribution in [1.82, 2.24) is 10.6 Å². The predicted molar refractivity (Wildman–Crippen MR) is 97.5 cm³/mol. The van der Waals surface area contributed by atoms with E-state index in [1.165, 1.54) is 32.2 Å². The molecule has 0 aliphatic heterocycles. The fourth-order valence-corrected chi connectivity index (χ4v) is 2.63. The van der Waals surface area contributed by atoms with Gasteiger partial charge in [-0.05, 0) is 23.6 Å². The Morgan fingerprint density at radius 1 is 1.11 bits per heavy atom. The number of halogens is 1. The van der Waals surface area contributed by atoms with Crippen molar-refractivity contribution in [2.24, 2.45) is 5.92 Å². The predicted octanol–water partition coefficient (Wildman–Crippen LogP) is 0.730. The highest BCUT2D eigenvalue weighted by atomic mass is 19.1. The van der Waals surface area contributed by atoms with Gasteiger partial charge in [0.15, 0.2) is 0 Å². The fraction of sp³-hybridized carbons (Fsp3) is 0.474. The molecule has 1 aromatic rings. The average Bonchev–Trinajstić information content (AvgIpc) is 2.64. The second-order valence-corrected chi connectivity index (χ2v) is 6.35. The van der Waals surface area contributed by atoms with Crippen LogP contribution >= 0.6 is 0 Å². The van der Waals surface area contributed by atoms with E-state index in [0.29, 0.717) is 5.56 Å². The van der Waals surface area contributed by atoms with Gasteiger partial charge in [-0.1, -0.05) is 19.1 Å². The summed E-state index contributed by atoms with van der Waals surface area (Å²) in [4.78, 5) is 47.8. The van der Waals surface area contributed by atoms with Crippen molar-refractivity contribution in [3.8, 4) is 0 Å². The van der Waals surface area contributed by atoms with Gasteiger partial charge in [0, 0.05) is 13.3 Å². The van der Waals surface area contributed by atoms with Crippen LogP contribution in [0.15, 0.2) is 24.3 Å². The van der Waals surface area contributed by atoms with Crippen LogP contribution in [0.3, 0.4) is 0 Å². The van der Waals surface area contributed by atoms with Gasteiger partial charge in [-0.15, -0.1) is 0 Å². The molecule has 28 heavy (non-hydrogen) atoms. The van der Waals surface area contributed by atoms with Crippen LogP contribution in [0.4, 0.5) is 4.39 Å². The number of carbonyl (C=O) groups excluding carboxylic acids is 4. The summed E-state index contributed by atoms with van der Waals surface area (Å²) in [5, 5.41) is 4.99. The molecule has 154 valence electrons. The molecule has 0 saturated carbocycles. The summed E-state index contributed by atoms with van der Waals surface area (Å²) in [5.74, 6) is -3.50. The van der Waals surface area contributed by atoms with Crippen LogP contribution < -0.4 is 10.6 Å². The summed E-state index contributed by atoms with van der Waals surface area (Å²) in [6, 6.07) is 3.45. The maximum atomic E-state index is 13.4. The van der Waals surface area contributed by atoms with Gasteiger partial charge in [-0.2, -0.15) is 0 Å². The van der Waals surface area contributed by atoms with E-state index in [1.54, 1.807) is 13.0 Å². The average molecular weight is 396 g/mol. The van der Waals surface area contributed by atoms with Crippen molar-refractivity contribution >= 4 is 23.8 Å². The molecule has 3 atom stereocenters. The third kappa shape index (κ3) is 7.34. The molecule has 1 aromatic carbocycles. The van der Waals surface area contributed by atoms with E-state index >= 15 is 0 Å². The molecule has 0 saturated heterocycles. The molecular weight excluding hydrogens is 371 g/mol. The molecule has 8 nitrogen and oxygen atoms in total. The van der Waals surface area contributed by atoms with Gasteiger partial charge in [0.1, 0.15) is 17.9 Å². The lowest BCUT2D eigenvalue weighted by atomic mass is 9.97. The summed E-state index contributed by atoms with van der Waals surface area (Å²) in [6.07, 6.45) is -0.103. The minimum atomic E-state index is -1.12. The summed E-state index contributed by atoms with van der Waals surface area (Å²) >= 11 is 0. The number of esters is 2. The smallest absolute Gasteiger partial charge is 0.328 e. The molecule has 0 unspecified atom stereocenters. The van der Waals surface area contributed by atoms with Gasteiger partial charge in [0.25, 0.3) is 0 Å². The van der Waals surface area contributed by atoms with Gasteiger partial charge in [-0.25, -0.2) is 9.18 Å². The first-order valence-corrected chi connectivity index (χ1v) is 8.64. The first-order valence-electron chi connectivity index (χ1n) is 8.64. The second kappa shape index (κ2) is 11.0. The molecule has 0 aromatic heterocycles. The van der Waals surface area contributed by atoms with Crippen LogP contribution in [0.5, 0.6) is 0 Å². The van der Waals surface area contributed by atoms with E-state index < -0.39 is 47.6 Å². The molecule has 0 radical (unpaired) electrons. The van der Waals surface area contributed by atoms with Gasteiger partial charge in [0.2, 0.25) is 11.8 Å². The zero-order valence-corrected chi connectivity index (χ0v) is 16.3. The Morgan fingerprint density at radius 3 is 2.32 bits per heavy atom. The zero-order valence-electron chi connectivity index (χ0n) is 16.3. The molecule has 0 fully saturated rings. The highest BCUT2D eigenvalue weighted by Gasteiger charge is 2.32. The van der Waals surface area contributed by atoms with Crippen LogP contribution in [-0.4, -0.2) is 50.1 Å². The highest BCUT2D eigenvalue weighted by Crippen LogP contribution is 2.13. The number of methoxy groups -OCH3 is 2. The van der Waals surface area contributed by atoms with E-state index in [9.17, 15) is 23.6 Å². The van der Waals surface area contributed by atoms with Crippen LogP contribution in [-0.2, 0) is 35.1 Å². The molecule has 0 aliphatic rings. The van der Waals surface area contributed by atoms with Gasteiger partial charge < -0.3 is 20.1 Å².